The molecule has 0 unspecified atom stereocenters. The Morgan fingerprint density at radius 3 is 2.66 bits per heavy atom. The average Bonchev–Trinajstić information content (AvgIpc) is 3.44. The van der Waals surface area contributed by atoms with E-state index in [1.807, 2.05) is 19.2 Å². The number of amidine groups is 1. The summed E-state index contributed by atoms with van der Waals surface area (Å²) < 4.78 is 2.12. The van der Waals surface area contributed by atoms with E-state index in [0.29, 0.717) is 17.7 Å². The molecule has 0 aromatic carbocycles. The summed E-state index contributed by atoms with van der Waals surface area (Å²) in [5.74, 6) is 1.21. The van der Waals surface area contributed by atoms with Crippen molar-refractivity contribution < 1.29 is 4.79 Å². The molecular weight excluding hydrogens is 404 g/mol. The van der Waals surface area contributed by atoms with E-state index in [-0.39, 0.29) is 5.91 Å². The Bertz CT molecular complexity index is 1030. The average molecular weight is 439 g/mol. The number of aliphatic imine (C=N–C) groups is 1. The molecule has 0 radical (unpaired) electrons. The van der Waals surface area contributed by atoms with Crippen LogP contribution in [0.25, 0.3) is 11.0 Å². The highest BCUT2D eigenvalue weighted by Crippen LogP contribution is 2.34. The first-order chi connectivity index (χ1) is 15.4. The monoisotopic (exact) mass is 438 g/mol. The van der Waals surface area contributed by atoms with Crippen LogP contribution in [-0.2, 0) is 0 Å². The number of hydrogen-bond donors (Lipinski definition) is 2. The second kappa shape index (κ2) is 9.68. The summed E-state index contributed by atoms with van der Waals surface area (Å²) in [6.45, 7) is 7.99. The minimum atomic E-state index is -0.00400. The van der Waals surface area contributed by atoms with Crippen LogP contribution in [0.15, 0.2) is 29.2 Å². The lowest BCUT2D eigenvalue weighted by atomic mass is 10.2. The number of piperazine rings is 1. The third-order valence-electron chi connectivity index (χ3n) is 6.24. The number of rotatable bonds is 5. The molecule has 1 saturated heterocycles. The Morgan fingerprint density at radius 1 is 1.25 bits per heavy atom. The normalized spacial score (nSPS) is 18.4. The Hall–Kier alpha value is -2.94. The molecule has 9 heteroatoms. The number of fused-ring (bicyclic) bond motifs is 1. The van der Waals surface area contributed by atoms with Crippen molar-refractivity contribution in [3.05, 3.63) is 29.9 Å². The first-order valence-corrected chi connectivity index (χ1v) is 11.5. The van der Waals surface area contributed by atoms with Crippen LogP contribution < -0.4 is 10.6 Å². The number of nitrogens with one attached hydrogen (secondary N) is 2. The highest BCUT2D eigenvalue weighted by molar-refractivity contribution is 5.98. The van der Waals surface area contributed by atoms with Gasteiger partial charge in [-0.25, -0.2) is 9.98 Å². The van der Waals surface area contributed by atoms with E-state index in [1.165, 1.54) is 12.8 Å². The van der Waals surface area contributed by atoms with Crippen LogP contribution in [0.5, 0.6) is 0 Å². The summed E-state index contributed by atoms with van der Waals surface area (Å²) in [6, 6.07) is 2.22. The fraction of sp³-hybridized carbons (Fsp3) is 0.565. The molecule has 2 N–H and O–H groups in total. The van der Waals surface area contributed by atoms with Crippen molar-refractivity contribution in [3.63, 3.8) is 0 Å². The summed E-state index contributed by atoms with van der Waals surface area (Å²) in [5, 5.41) is 7.46. The van der Waals surface area contributed by atoms with Crippen molar-refractivity contribution in [2.45, 2.75) is 45.6 Å². The van der Waals surface area contributed by atoms with Gasteiger partial charge in [0, 0.05) is 69.8 Å². The van der Waals surface area contributed by atoms with Gasteiger partial charge >= 0.3 is 0 Å². The van der Waals surface area contributed by atoms with Gasteiger partial charge in [-0.15, -0.1) is 0 Å². The molecular formula is C23H34N8O. The standard InChI is InChI=1S/C23H34N8O/c1-16(30-11-9-24-10-12-30)14-25-17(2)27-23-26-15-18-13-20(22(32)29(3)4)31(21(18)28-23)19-7-5-6-8-19/h13-15,19,24H,5-12H2,1-4H3,(H,25,26,27,28)/b16-14+. The van der Waals surface area contributed by atoms with E-state index >= 15 is 0 Å². The summed E-state index contributed by atoms with van der Waals surface area (Å²) in [4.78, 5) is 30.6. The zero-order chi connectivity index (χ0) is 22.7. The highest BCUT2D eigenvalue weighted by atomic mass is 16.2. The molecule has 0 spiro atoms. The molecule has 4 rings (SSSR count). The summed E-state index contributed by atoms with van der Waals surface area (Å²) in [5.41, 5.74) is 2.63. The van der Waals surface area contributed by atoms with Crippen molar-refractivity contribution in [2.75, 3.05) is 45.6 Å². The SMILES string of the molecule is CC(=N/C=C(\C)N1CCNCC1)Nc1ncc2cc(C(=O)N(C)C)n(C3CCCC3)c2n1. The predicted molar refractivity (Wildman–Crippen MR) is 128 cm³/mol. The maximum Gasteiger partial charge on any atom is 0.270 e. The molecule has 1 amide bonds. The van der Waals surface area contributed by atoms with Gasteiger partial charge in [0.1, 0.15) is 17.2 Å². The van der Waals surface area contributed by atoms with Crippen LogP contribution in [0.2, 0.25) is 0 Å². The molecule has 0 atom stereocenters. The number of carbonyl (C=O) groups excluding carboxylic acids is 1. The van der Waals surface area contributed by atoms with E-state index < -0.39 is 0 Å². The zero-order valence-electron chi connectivity index (χ0n) is 19.6. The Morgan fingerprint density at radius 2 is 1.97 bits per heavy atom. The van der Waals surface area contributed by atoms with E-state index in [0.717, 1.165) is 61.6 Å². The van der Waals surface area contributed by atoms with Crippen LogP contribution in [-0.4, -0.2) is 76.4 Å². The largest absolute Gasteiger partial charge is 0.371 e. The van der Waals surface area contributed by atoms with Gasteiger partial charge in [-0.2, -0.15) is 4.98 Å². The van der Waals surface area contributed by atoms with Crippen molar-refractivity contribution in [1.29, 1.82) is 0 Å². The Labute approximate surface area is 189 Å². The summed E-state index contributed by atoms with van der Waals surface area (Å²) >= 11 is 0. The number of nitrogens with zero attached hydrogens (tertiary/aromatic N) is 6. The minimum absolute atomic E-state index is 0.00400. The van der Waals surface area contributed by atoms with Crippen LogP contribution in [0, 0.1) is 0 Å². The van der Waals surface area contributed by atoms with Gasteiger partial charge in [-0.1, -0.05) is 12.8 Å². The number of aromatic nitrogens is 3. The van der Waals surface area contributed by atoms with Gasteiger partial charge in [-0.3, -0.25) is 4.79 Å². The van der Waals surface area contributed by atoms with Crippen molar-refractivity contribution >= 4 is 28.7 Å². The number of amides is 1. The van der Waals surface area contributed by atoms with Gasteiger partial charge in [-0.05, 0) is 32.8 Å². The number of carbonyl (C=O) groups is 1. The first kappa shape index (κ1) is 22.3. The predicted octanol–water partition coefficient (Wildman–Crippen LogP) is 2.84. The first-order valence-electron chi connectivity index (χ1n) is 11.5. The summed E-state index contributed by atoms with van der Waals surface area (Å²) in [6.07, 6.45) is 8.18. The van der Waals surface area contributed by atoms with Crippen LogP contribution in [0.3, 0.4) is 0 Å². The van der Waals surface area contributed by atoms with Gasteiger partial charge in [0.2, 0.25) is 5.95 Å². The molecule has 2 aromatic heterocycles. The molecule has 172 valence electrons. The molecule has 1 aliphatic heterocycles. The van der Waals surface area contributed by atoms with Crippen molar-refractivity contribution in [3.8, 4) is 0 Å². The van der Waals surface area contributed by atoms with E-state index in [2.05, 4.69) is 37.0 Å². The molecule has 9 nitrogen and oxygen atoms in total. The molecule has 1 saturated carbocycles. The van der Waals surface area contributed by atoms with Gasteiger partial charge in [0.15, 0.2) is 0 Å². The fourth-order valence-corrected chi connectivity index (χ4v) is 4.48. The van der Waals surface area contributed by atoms with Crippen molar-refractivity contribution in [1.82, 2.24) is 29.7 Å². The third kappa shape index (κ3) is 4.77. The van der Waals surface area contributed by atoms with Gasteiger partial charge < -0.3 is 25.0 Å². The number of anilines is 1. The lowest BCUT2D eigenvalue weighted by Gasteiger charge is -2.29. The topological polar surface area (TPSA) is 90.7 Å². The van der Waals surface area contributed by atoms with Gasteiger partial charge in [0.25, 0.3) is 5.91 Å². The second-order valence-electron chi connectivity index (χ2n) is 8.86. The smallest absolute Gasteiger partial charge is 0.270 e. The number of hydrogen-bond acceptors (Lipinski definition) is 6. The summed E-state index contributed by atoms with van der Waals surface area (Å²) in [7, 11) is 3.57. The maximum absolute atomic E-state index is 12.8. The highest BCUT2D eigenvalue weighted by Gasteiger charge is 2.26. The van der Waals surface area contributed by atoms with Crippen LogP contribution in [0.1, 0.15) is 56.1 Å². The lowest BCUT2D eigenvalue weighted by Crippen LogP contribution is -2.42. The molecule has 2 fully saturated rings. The molecule has 3 heterocycles. The fourth-order valence-electron chi connectivity index (χ4n) is 4.48. The van der Waals surface area contributed by atoms with Crippen molar-refractivity contribution in [2.24, 2.45) is 4.99 Å². The van der Waals surface area contributed by atoms with E-state index in [9.17, 15) is 4.79 Å². The Kier molecular flexibility index (Phi) is 6.74. The second-order valence-corrected chi connectivity index (χ2v) is 8.86. The number of allylic oxidation sites excluding steroid dienone is 1. The van der Waals surface area contributed by atoms with Gasteiger partial charge in [0.05, 0.1) is 0 Å². The quantitative estimate of drug-likeness (QED) is 0.551. The van der Waals surface area contributed by atoms with E-state index in [4.69, 9.17) is 4.98 Å². The molecule has 2 aromatic rings. The van der Waals surface area contributed by atoms with Crippen LogP contribution >= 0.6 is 0 Å². The molecule has 2 aliphatic rings. The molecule has 32 heavy (non-hydrogen) atoms. The Balaban J connectivity index is 1.59. The lowest BCUT2D eigenvalue weighted by molar-refractivity contribution is 0.0815. The third-order valence-corrected chi connectivity index (χ3v) is 6.24. The van der Waals surface area contributed by atoms with Crippen LogP contribution in [0.4, 0.5) is 5.95 Å². The molecule has 1 aliphatic carbocycles. The van der Waals surface area contributed by atoms with E-state index in [1.54, 1.807) is 25.2 Å². The molecule has 0 bridgehead atoms. The minimum Gasteiger partial charge on any atom is -0.371 e. The maximum atomic E-state index is 12.8. The zero-order valence-corrected chi connectivity index (χ0v) is 19.6.